The van der Waals surface area contributed by atoms with Gasteiger partial charge in [-0.15, -0.1) is 11.3 Å². The summed E-state index contributed by atoms with van der Waals surface area (Å²) in [5, 5.41) is 6.96. The van der Waals surface area contributed by atoms with Gasteiger partial charge in [0.05, 0.1) is 15.7 Å². The summed E-state index contributed by atoms with van der Waals surface area (Å²) in [6.45, 7) is 6.28. The largest absolute Gasteiger partial charge is 0.399 e. The summed E-state index contributed by atoms with van der Waals surface area (Å²) < 4.78 is 1.16. The minimum absolute atomic E-state index is 0.259. The zero-order chi connectivity index (χ0) is 21.1. The Labute approximate surface area is 180 Å². The molecular formula is C23H26N6S. The summed E-state index contributed by atoms with van der Waals surface area (Å²) in [6, 6.07) is 13.9. The van der Waals surface area contributed by atoms with E-state index in [-0.39, 0.29) is 5.92 Å². The number of benzene rings is 2. The number of hydrogen-bond donors (Lipinski definition) is 3. The van der Waals surface area contributed by atoms with Gasteiger partial charge in [-0.05, 0) is 68.3 Å². The Morgan fingerprint density at radius 3 is 2.57 bits per heavy atom. The lowest BCUT2D eigenvalue weighted by atomic mass is 10.0. The van der Waals surface area contributed by atoms with Gasteiger partial charge in [-0.3, -0.25) is 0 Å². The molecule has 7 heteroatoms. The molecule has 2 heterocycles. The molecule has 0 aliphatic carbocycles. The molecule has 4 rings (SSSR count). The maximum atomic E-state index is 5.80. The fourth-order valence-electron chi connectivity index (χ4n) is 3.20. The number of nitrogens with zero attached hydrogens (tertiary/aromatic N) is 3. The standard InChI is InChI=1S/C23H26N6S/c1-14(2)22-28-21(26-17-7-5-16(24)6-8-17)11-4-15(3)23(29-22)27-18-9-10-19-20(12-18)30-13-25-19/h5-10,12-13,15H,4,11,24H2,1-3H3,(H,26,28)(H,27,29). The molecule has 0 saturated carbocycles. The van der Waals surface area contributed by atoms with E-state index < -0.39 is 0 Å². The molecule has 0 radical (unpaired) electrons. The number of aliphatic imine (C=N–C) groups is 2. The van der Waals surface area contributed by atoms with E-state index in [9.17, 15) is 0 Å². The van der Waals surface area contributed by atoms with Crippen molar-refractivity contribution in [2.45, 2.75) is 33.6 Å². The first kappa shape index (κ1) is 20.1. The minimum Gasteiger partial charge on any atom is -0.399 e. The molecular weight excluding hydrogens is 392 g/mol. The molecule has 0 fully saturated rings. The quantitative estimate of drug-likeness (QED) is 0.453. The van der Waals surface area contributed by atoms with Crippen LogP contribution in [0, 0.1) is 5.92 Å². The lowest BCUT2D eigenvalue weighted by Gasteiger charge is -2.21. The highest BCUT2D eigenvalue weighted by Crippen LogP contribution is 2.25. The number of thiazole rings is 1. The van der Waals surface area contributed by atoms with E-state index in [4.69, 9.17) is 15.7 Å². The van der Waals surface area contributed by atoms with E-state index in [1.165, 1.54) is 0 Å². The number of rotatable bonds is 2. The monoisotopic (exact) mass is 418 g/mol. The third kappa shape index (κ3) is 4.68. The van der Waals surface area contributed by atoms with E-state index in [1.807, 2.05) is 49.7 Å². The number of hydrogen-bond acceptors (Lipinski definition) is 7. The van der Waals surface area contributed by atoms with Gasteiger partial charge in [0.15, 0.2) is 5.82 Å². The Morgan fingerprint density at radius 1 is 1.03 bits per heavy atom. The maximum absolute atomic E-state index is 5.80. The topological polar surface area (TPSA) is 87.7 Å². The van der Waals surface area contributed by atoms with Crippen molar-refractivity contribution in [3.8, 4) is 0 Å². The van der Waals surface area contributed by atoms with Gasteiger partial charge in [-0.1, -0.05) is 6.92 Å². The van der Waals surface area contributed by atoms with Crippen molar-refractivity contribution >= 4 is 50.3 Å². The second-order valence-corrected chi connectivity index (χ2v) is 8.61. The van der Waals surface area contributed by atoms with E-state index in [0.717, 1.165) is 63.2 Å². The van der Waals surface area contributed by atoms with E-state index >= 15 is 0 Å². The smallest absolute Gasteiger partial charge is 0.154 e. The Hall–Kier alpha value is -3.19. The van der Waals surface area contributed by atoms with Crippen molar-refractivity contribution in [2.24, 2.45) is 15.9 Å². The lowest BCUT2D eigenvalue weighted by molar-refractivity contribution is 0.698. The van der Waals surface area contributed by atoms with Crippen molar-refractivity contribution in [3.63, 3.8) is 0 Å². The number of nitrogens with one attached hydrogen (secondary N) is 2. The molecule has 0 spiro atoms. The zero-order valence-electron chi connectivity index (χ0n) is 17.4. The van der Waals surface area contributed by atoms with Crippen molar-refractivity contribution in [3.05, 3.63) is 59.4 Å². The number of anilines is 3. The van der Waals surface area contributed by atoms with Gasteiger partial charge >= 0.3 is 0 Å². The molecule has 30 heavy (non-hydrogen) atoms. The molecule has 0 amide bonds. The van der Waals surface area contributed by atoms with Gasteiger partial charge in [0.1, 0.15) is 11.7 Å². The highest BCUT2D eigenvalue weighted by atomic mass is 32.1. The fourth-order valence-corrected chi connectivity index (χ4v) is 3.92. The molecule has 154 valence electrons. The molecule has 1 atom stereocenters. The molecule has 4 N–H and O–H groups in total. The van der Waals surface area contributed by atoms with Crippen LogP contribution in [0.15, 0.2) is 69.4 Å². The fraction of sp³-hybridized carbons (Fsp3) is 0.261. The van der Waals surface area contributed by atoms with Gasteiger partial charge in [0.25, 0.3) is 0 Å². The van der Waals surface area contributed by atoms with E-state index in [0.29, 0.717) is 0 Å². The van der Waals surface area contributed by atoms with Crippen LogP contribution >= 0.6 is 11.3 Å². The molecule has 6 nitrogen and oxygen atoms in total. The molecule has 1 aliphatic heterocycles. The van der Waals surface area contributed by atoms with E-state index in [1.54, 1.807) is 11.3 Å². The highest BCUT2D eigenvalue weighted by Gasteiger charge is 2.18. The zero-order valence-corrected chi connectivity index (χ0v) is 18.3. The summed E-state index contributed by atoms with van der Waals surface area (Å²) in [5.41, 5.74) is 12.5. The number of allylic oxidation sites excluding steroid dienone is 1. The molecule has 0 bridgehead atoms. The van der Waals surface area contributed by atoms with Crippen LogP contribution in [0.5, 0.6) is 0 Å². The molecule has 1 aromatic heterocycles. The second-order valence-electron chi connectivity index (χ2n) is 7.73. The SMILES string of the molecule is CC(C)=C1N=C(Nc2ccc(N)cc2)CCC(C)C(Nc2ccc3ncsc3c2)=N1. The predicted octanol–water partition coefficient (Wildman–Crippen LogP) is 5.88. The van der Waals surface area contributed by atoms with Gasteiger partial charge in [-0.25, -0.2) is 15.0 Å². The normalized spacial score (nSPS) is 17.0. The van der Waals surface area contributed by atoms with Crippen LogP contribution in [-0.2, 0) is 0 Å². The Kier molecular flexibility index (Phi) is 5.81. The molecule has 3 aromatic rings. The third-order valence-electron chi connectivity index (χ3n) is 5.00. The van der Waals surface area contributed by atoms with Gasteiger partial charge in [-0.2, -0.15) is 0 Å². The number of nitrogen functional groups attached to an aromatic ring is 1. The van der Waals surface area contributed by atoms with Crippen LogP contribution in [0.3, 0.4) is 0 Å². The number of fused-ring (bicyclic) bond motifs is 1. The maximum Gasteiger partial charge on any atom is 0.154 e. The molecule has 0 saturated heterocycles. The second kappa shape index (κ2) is 8.67. The average molecular weight is 419 g/mol. The van der Waals surface area contributed by atoms with Gasteiger partial charge < -0.3 is 16.4 Å². The van der Waals surface area contributed by atoms with Crippen LogP contribution < -0.4 is 16.4 Å². The first-order valence-electron chi connectivity index (χ1n) is 10.0. The highest BCUT2D eigenvalue weighted by molar-refractivity contribution is 7.16. The first-order chi connectivity index (χ1) is 14.5. The average Bonchev–Trinajstić information content (AvgIpc) is 3.18. The van der Waals surface area contributed by atoms with Gasteiger partial charge in [0.2, 0.25) is 0 Å². The Balaban J connectivity index is 1.61. The summed E-state index contributed by atoms with van der Waals surface area (Å²) in [7, 11) is 0. The Bertz CT molecular complexity index is 1140. The molecule has 1 aliphatic rings. The predicted molar refractivity (Wildman–Crippen MR) is 129 cm³/mol. The molecule has 1 unspecified atom stereocenters. The summed E-state index contributed by atoms with van der Waals surface area (Å²) in [5.74, 6) is 2.85. The van der Waals surface area contributed by atoms with Gasteiger partial charge in [0, 0.05) is 29.4 Å². The first-order valence-corrected chi connectivity index (χ1v) is 10.9. The van der Waals surface area contributed by atoms with Crippen molar-refractivity contribution in [1.82, 2.24) is 4.98 Å². The lowest BCUT2D eigenvalue weighted by Crippen LogP contribution is -2.25. The minimum atomic E-state index is 0.259. The number of amidine groups is 2. The summed E-state index contributed by atoms with van der Waals surface area (Å²) in [4.78, 5) is 14.1. The molecule has 2 aromatic carbocycles. The van der Waals surface area contributed by atoms with Crippen molar-refractivity contribution in [2.75, 3.05) is 16.4 Å². The van der Waals surface area contributed by atoms with Crippen molar-refractivity contribution in [1.29, 1.82) is 0 Å². The van der Waals surface area contributed by atoms with Crippen LogP contribution in [0.2, 0.25) is 0 Å². The summed E-state index contributed by atoms with van der Waals surface area (Å²) in [6.07, 6.45) is 1.77. The number of aromatic nitrogens is 1. The Morgan fingerprint density at radius 2 is 1.80 bits per heavy atom. The van der Waals surface area contributed by atoms with E-state index in [2.05, 4.69) is 34.7 Å². The van der Waals surface area contributed by atoms with Crippen molar-refractivity contribution < 1.29 is 0 Å². The number of nitrogens with two attached hydrogens (primary N) is 1. The van der Waals surface area contributed by atoms with Crippen LogP contribution in [0.1, 0.15) is 33.6 Å². The van der Waals surface area contributed by atoms with Crippen LogP contribution in [-0.4, -0.2) is 16.7 Å². The summed E-state index contributed by atoms with van der Waals surface area (Å²) >= 11 is 1.64. The van der Waals surface area contributed by atoms with Crippen LogP contribution in [0.25, 0.3) is 10.2 Å². The third-order valence-corrected chi connectivity index (χ3v) is 5.79. The van der Waals surface area contributed by atoms with Crippen LogP contribution in [0.4, 0.5) is 17.1 Å².